The van der Waals surface area contributed by atoms with Gasteiger partial charge in [-0.2, -0.15) is 0 Å². The van der Waals surface area contributed by atoms with E-state index in [1.165, 1.54) is 5.56 Å². The summed E-state index contributed by atoms with van der Waals surface area (Å²) in [5.41, 5.74) is 1.21. The van der Waals surface area contributed by atoms with E-state index in [1.807, 2.05) is 18.2 Å². The molecule has 0 saturated carbocycles. The molecule has 1 aromatic rings. The van der Waals surface area contributed by atoms with Crippen LogP contribution in [0.1, 0.15) is 38.7 Å². The minimum Gasteiger partial charge on any atom is -0.496 e. The Hall–Kier alpha value is -1.71. The fourth-order valence-corrected chi connectivity index (χ4v) is 2.13. The van der Waals surface area contributed by atoms with E-state index < -0.39 is 0 Å². The normalized spacial score (nSPS) is 13.1. The average Bonchev–Trinajstić information content (AvgIpc) is 2.49. The predicted octanol–water partition coefficient (Wildman–Crippen LogP) is 3.01. The molecule has 1 atom stereocenters. The maximum Gasteiger partial charge on any atom is 0.190 e. The van der Waals surface area contributed by atoms with Gasteiger partial charge in [0.1, 0.15) is 5.75 Å². The van der Waals surface area contributed by atoms with Gasteiger partial charge in [0, 0.05) is 26.1 Å². The van der Waals surface area contributed by atoms with Crippen molar-refractivity contribution >= 4 is 5.96 Å². The van der Waals surface area contributed by atoms with Crippen LogP contribution >= 0.6 is 0 Å². The Morgan fingerprint density at radius 1 is 1.19 bits per heavy atom. The van der Waals surface area contributed by atoms with Crippen LogP contribution in [0.3, 0.4) is 0 Å². The number of nitrogens with zero attached hydrogens (tertiary/aromatic N) is 1. The summed E-state index contributed by atoms with van der Waals surface area (Å²) in [6.45, 7) is 8.40. The Morgan fingerprint density at radius 3 is 2.52 bits per heavy atom. The van der Waals surface area contributed by atoms with Crippen LogP contribution in [-0.4, -0.2) is 33.2 Å². The molecule has 2 N–H and O–H groups in total. The first-order valence-corrected chi connectivity index (χ1v) is 7.65. The molecule has 0 aliphatic rings. The van der Waals surface area contributed by atoms with Crippen LogP contribution in [0.5, 0.6) is 5.75 Å². The molecule has 1 aromatic carbocycles. The van der Waals surface area contributed by atoms with Gasteiger partial charge >= 0.3 is 0 Å². The van der Waals surface area contributed by atoms with Gasteiger partial charge in [-0.15, -0.1) is 0 Å². The summed E-state index contributed by atoms with van der Waals surface area (Å²) in [4.78, 5) is 4.26. The zero-order valence-corrected chi connectivity index (χ0v) is 13.9. The molecule has 4 heteroatoms. The van der Waals surface area contributed by atoms with E-state index in [-0.39, 0.29) is 0 Å². The highest BCUT2D eigenvalue weighted by Crippen LogP contribution is 2.25. The van der Waals surface area contributed by atoms with Crippen LogP contribution in [-0.2, 0) is 0 Å². The van der Waals surface area contributed by atoms with Crippen molar-refractivity contribution in [1.82, 2.24) is 10.6 Å². The molecular formula is C17H29N3O. The van der Waals surface area contributed by atoms with Crippen LogP contribution in [0.4, 0.5) is 0 Å². The van der Waals surface area contributed by atoms with E-state index in [0.717, 1.165) is 31.2 Å². The summed E-state index contributed by atoms with van der Waals surface area (Å²) >= 11 is 0. The molecule has 1 unspecified atom stereocenters. The topological polar surface area (TPSA) is 45.7 Å². The van der Waals surface area contributed by atoms with Crippen molar-refractivity contribution in [3.05, 3.63) is 29.8 Å². The third-order valence-electron chi connectivity index (χ3n) is 3.48. The van der Waals surface area contributed by atoms with Gasteiger partial charge < -0.3 is 15.4 Å². The SMILES string of the molecule is CN=C(NCCC(C)C)NCC(C)c1ccccc1OC. The molecule has 21 heavy (non-hydrogen) atoms. The number of hydrogen-bond acceptors (Lipinski definition) is 2. The zero-order chi connectivity index (χ0) is 15.7. The molecule has 1 rings (SSSR count). The Kier molecular flexibility index (Phi) is 7.65. The maximum atomic E-state index is 5.42. The van der Waals surface area contributed by atoms with Gasteiger partial charge in [-0.1, -0.05) is 39.0 Å². The van der Waals surface area contributed by atoms with Crippen LogP contribution in [0.15, 0.2) is 29.3 Å². The second-order valence-corrected chi connectivity index (χ2v) is 5.71. The molecule has 0 saturated heterocycles. The molecule has 0 radical (unpaired) electrons. The number of ether oxygens (including phenoxy) is 1. The van der Waals surface area contributed by atoms with E-state index in [1.54, 1.807) is 14.2 Å². The Labute approximate surface area is 129 Å². The fourth-order valence-electron chi connectivity index (χ4n) is 2.13. The highest BCUT2D eigenvalue weighted by molar-refractivity contribution is 5.79. The first-order valence-electron chi connectivity index (χ1n) is 7.65. The molecule has 0 heterocycles. The van der Waals surface area contributed by atoms with Crippen molar-refractivity contribution in [1.29, 1.82) is 0 Å². The fraction of sp³-hybridized carbons (Fsp3) is 0.588. The largest absolute Gasteiger partial charge is 0.496 e. The quantitative estimate of drug-likeness (QED) is 0.599. The van der Waals surface area contributed by atoms with Crippen LogP contribution in [0, 0.1) is 5.92 Å². The molecule has 0 aliphatic carbocycles. The first kappa shape index (κ1) is 17.3. The average molecular weight is 291 g/mol. The monoisotopic (exact) mass is 291 g/mol. The number of aliphatic imine (C=N–C) groups is 1. The van der Waals surface area contributed by atoms with Gasteiger partial charge in [0.15, 0.2) is 5.96 Å². The summed E-state index contributed by atoms with van der Waals surface area (Å²) in [7, 11) is 3.52. The molecule has 4 nitrogen and oxygen atoms in total. The summed E-state index contributed by atoms with van der Waals surface area (Å²) < 4.78 is 5.42. The van der Waals surface area contributed by atoms with Crippen molar-refractivity contribution in [2.24, 2.45) is 10.9 Å². The van der Waals surface area contributed by atoms with E-state index in [9.17, 15) is 0 Å². The van der Waals surface area contributed by atoms with E-state index in [4.69, 9.17) is 4.74 Å². The lowest BCUT2D eigenvalue weighted by Gasteiger charge is -2.18. The van der Waals surface area contributed by atoms with Crippen LogP contribution in [0.2, 0.25) is 0 Å². The number of benzene rings is 1. The molecule has 0 fully saturated rings. The number of guanidine groups is 1. The lowest BCUT2D eigenvalue weighted by atomic mass is 10.0. The van der Waals surface area contributed by atoms with Gasteiger partial charge in [0.05, 0.1) is 7.11 Å². The van der Waals surface area contributed by atoms with Crippen molar-refractivity contribution in [2.75, 3.05) is 27.2 Å². The Bertz CT molecular complexity index is 443. The van der Waals surface area contributed by atoms with E-state index in [0.29, 0.717) is 11.8 Å². The summed E-state index contributed by atoms with van der Waals surface area (Å²) in [6.07, 6.45) is 1.14. The molecular weight excluding hydrogens is 262 g/mol. The summed E-state index contributed by atoms with van der Waals surface area (Å²) in [6, 6.07) is 8.15. The molecule has 118 valence electrons. The Morgan fingerprint density at radius 2 is 1.90 bits per heavy atom. The minimum atomic E-state index is 0.352. The molecule has 0 aliphatic heterocycles. The standard InChI is InChI=1S/C17H29N3O/c1-13(2)10-11-19-17(18-4)20-12-14(3)15-8-6-7-9-16(15)21-5/h6-9,13-14H,10-12H2,1-5H3,(H2,18,19,20). The minimum absolute atomic E-state index is 0.352. The zero-order valence-electron chi connectivity index (χ0n) is 13.9. The molecule has 0 bridgehead atoms. The second kappa shape index (κ2) is 9.27. The lowest BCUT2D eigenvalue weighted by Crippen LogP contribution is -2.39. The van der Waals surface area contributed by atoms with Crippen molar-refractivity contribution < 1.29 is 4.74 Å². The highest BCUT2D eigenvalue weighted by atomic mass is 16.5. The van der Waals surface area contributed by atoms with Crippen molar-refractivity contribution in [2.45, 2.75) is 33.1 Å². The summed E-state index contributed by atoms with van der Waals surface area (Å²) in [5.74, 6) is 2.85. The smallest absolute Gasteiger partial charge is 0.190 e. The number of para-hydroxylation sites is 1. The van der Waals surface area contributed by atoms with Gasteiger partial charge in [-0.3, -0.25) is 4.99 Å². The van der Waals surface area contributed by atoms with Crippen LogP contribution < -0.4 is 15.4 Å². The van der Waals surface area contributed by atoms with Crippen molar-refractivity contribution in [3.8, 4) is 5.75 Å². The van der Waals surface area contributed by atoms with Gasteiger partial charge in [0.2, 0.25) is 0 Å². The lowest BCUT2D eigenvalue weighted by molar-refractivity contribution is 0.406. The third kappa shape index (κ3) is 6.06. The van der Waals surface area contributed by atoms with E-state index in [2.05, 4.69) is 42.5 Å². The van der Waals surface area contributed by atoms with Gasteiger partial charge in [-0.05, 0) is 24.0 Å². The number of nitrogens with one attached hydrogen (secondary N) is 2. The number of hydrogen-bond donors (Lipinski definition) is 2. The maximum absolute atomic E-state index is 5.42. The second-order valence-electron chi connectivity index (χ2n) is 5.71. The number of methoxy groups -OCH3 is 1. The van der Waals surface area contributed by atoms with Gasteiger partial charge in [-0.25, -0.2) is 0 Å². The first-order chi connectivity index (χ1) is 10.1. The summed E-state index contributed by atoms with van der Waals surface area (Å²) in [5, 5.41) is 6.72. The van der Waals surface area contributed by atoms with Gasteiger partial charge in [0.25, 0.3) is 0 Å². The highest BCUT2D eigenvalue weighted by Gasteiger charge is 2.11. The van der Waals surface area contributed by atoms with E-state index >= 15 is 0 Å². The molecule has 0 spiro atoms. The molecule has 0 amide bonds. The van der Waals surface area contributed by atoms with Crippen LogP contribution in [0.25, 0.3) is 0 Å². The predicted molar refractivity (Wildman–Crippen MR) is 90.2 cm³/mol. The van der Waals surface area contributed by atoms with Crippen molar-refractivity contribution in [3.63, 3.8) is 0 Å². The third-order valence-corrected chi connectivity index (χ3v) is 3.48. The Balaban J connectivity index is 2.49. The number of rotatable bonds is 7. The molecule has 0 aromatic heterocycles.